The molecule has 2 atom stereocenters. The summed E-state index contributed by atoms with van der Waals surface area (Å²) in [6.07, 6.45) is 4.18. The van der Waals surface area contributed by atoms with Gasteiger partial charge in [0.25, 0.3) is 0 Å². The van der Waals surface area contributed by atoms with Crippen molar-refractivity contribution in [2.24, 2.45) is 11.8 Å². The van der Waals surface area contributed by atoms with E-state index in [9.17, 15) is 4.79 Å². The molecule has 6 heteroatoms. The second kappa shape index (κ2) is 8.67. The van der Waals surface area contributed by atoms with Gasteiger partial charge >= 0.3 is 0 Å². The Kier molecular flexibility index (Phi) is 6.88. The molecule has 1 aromatic carbocycles. The van der Waals surface area contributed by atoms with Crippen LogP contribution in [0.2, 0.25) is 10.0 Å². The highest BCUT2D eigenvalue weighted by molar-refractivity contribution is 7.99. The van der Waals surface area contributed by atoms with Crippen LogP contribution in [0.5, 0.6) is 0 Å². The zero-order valence-electron chi connectivity index (χ0n) is 12.1. The average Bonchev–Trinajstić information content (AvgIpc) is 2.52. The van der Waals surface area contributed by atoms with Crippen LogP contribution in [-0.4, -0.2) is 18.2 Å². The van der Waals surface area contributed by atoms with E-state index < -0.39 is 0 Å². The van der Waals surface area contributed by atoms with E-state index in [0.717, 1.165) is 36.3 Å². The van der Waals surface area contributed by atoms with Crippen LogP contribution in [0.1, 0.15) is 25.7 Å². The van der Waals surface area contributed by atoms with Gasteiger partial charge < -0.3 is 5.32 Å². The molecule has 0 aliphatic heterocycles. The summed E-state index contributed by atoms with van der Waals surface area (Å²) in [6, 6.07) is 7.44. The molecule has 2 unspecified atom stereocenters. The van der Waals surface area contributed by atoms with Gasteiger partial charge in [0.15, 0.2) is 0 Å². The third-order valence-corrected chi connectivity index (χ3v) is 5.86. The molecule has 0 aromatic heterocycles. The van der Waals surface area contributed by atoms with Crippen LogP contribution in [0.4, 0.5) is 0 Å². The van der Waals surface area contributed by atoms with Crippen molar-refractivity contribution in [3.05, 3.63) is 28.2 Å². The van der Waals surface area contributed by atoms with Crippen LogP contribution < -0.4 is 5.32 Å². The Labute approximate surface area is 145 Å². The van der Waals surface area contributed by atoms with E-state index in [1.54, 1.807) is 17.8 Å². The number of carbonyl (C=O) groups excluding carboxylic acids is 1. The predicted octanol–water partition coefficient (Wildman–Crippen LogP) is 4.53. The summed E-state index contributed by atoms with van der Waals surface area (Å²) in [4.78, 5) is 13.2. The minimum atomic E-state index is 0.000626. The fourth-order valence-electron chi connectivity index (χ4n) is 2.80. The van der Waals surface area contributed by atoms with Gasteiger partial charge in [0.05, 0.1) is 11.1 Å². The fourth-order valence-corrected chi connectivity index (χ4v) is 4.52. The Balaban J connectivity index is 1.96. The number of hydrogen-bond acceptors (Lipinski definition) is 3. The third kappa shape index (κ3) is 4.81. The number of nitriles is 1. The first-order chi connectivity index (χ1) is 10.6. The number of amides is 1. The Morgan fingerprint density at radius 3 is 2.86 bits per heavy atom. The summed E-state index contributed by atoms with van der Waals surface area (Å²) in [7, 11) is 0. The molecule has 3 nitrogen and oxygen atoms in total. The van der Waals surface area contributed by atoms with E-state index in [1.165, 1.54) is 0 Å². The highest BCUT2D eigenvalue weighted by atomic mass is 35.5. The van der Waals surface area contributed by atoms with E-state index in [4.69, 9.17) is 28.5 Å². The molecule has 1 saturated carbocycles. The standard InChI is InChI=1S/C16H18Cl2N2OS/c17-12-5-6-15(14(18)9-12)22-10-11-3-1-2-4-13(11)16(21)20-8-7-19/h5-6,9,11,13H,1-4,8,10H2,(H,20,21). The average molecular weight is 357 g/mol. The molecule has 2 rings (SSSR count). The van der Waals surface area contributed by atoms with Crippen LogP contribution in [0, 0.1) is 23.2 Å². The summed E-state index contributed by atoms with van der Waals surface area (Å²) in [5.41, 5.74) is 0. The van der Waals surface area contributed by atoms with E-state index in [0.29, 0.717) is 16.0 Å². The lowest BCUT2D eigenvalue weighted by atomic mass is 9.80. The van der Waals surface area contributed by atoms with Crippen molar-refractivity contribution in [3.63, 3.8) is 0 Å². The van der Waals surface area contributed by atoms with Crippen LogP contribution >= 0.6 is 35.0 Å². The van der Waals surface area contributed by atoms with Crippen molar-refractivity contribution in [2.75, 3.05) is 12.3 Å². The lowest BCUT2D eigenvalue weighted by Crippen LogP contribution is -2.37. The van der Waals surface area contributed by atoms with Crippen molar-refractivity contribution >= 4 is 40.9 Å². The van der Waals surface area contributed by atoms with Gasteiger partial charge in [0, 0.05) is 21.6 Å². The first-order valence-electron chi connectivity index (χ1n) is 7.34. The Morgan fingerprint density at radius 1 is 1.36 bits per heavy atom. The van der Waals surface area contributed by atoms with Gasteiger partial charge in [-0.3, -0.25) is 4.79 Å². The van der Waals surface area contributed by atoms with Crippen LogP contribution in [0.25, 0.3) is 0 Å². The lowest BCUT2D eigenvalue weighted by Gasteiger charge is -2.30. The van der Waals surface area contributed by atoms with Gasteiger partial charge in [0.1, 0.15) is 6.54 Å². The Bertz CT molecular complexity index is 574. The van der Waals surface area contributed by atoms with Gasteiger partial charge in [-0.05, 0) is 37.0 Å². The van der Waals surface area contributed by atoms with Gasteiger partial charge in [-0.25, -0.2) is 0 Å². The minimum absolute atomic E-state index is 0.000626. The summed E-state index contributed by atoms with van der Waals surface area (Å²) in [5.74, 6) is 1.19. The maximum atomic E-state index is 12.2. The molecular weight excluding hydrogens is 339 g/mol. The van der Waals surface area contributed by atoms with Crippen molar-refractivity contribution in [3.8, 4) is 6.07 Å². The fraction of sp³-hybridized carbons (Fsp3) is 0.500. The number of thioether (sulfide) groups is 1. The second-order valence-electron chi connectivity index (χ2n) is 5.41. The number of nitrogens with zero attached hydrogens (tertiary/aromatic N) is 1. The molecule has 1 fully saturated rings. The molecule has 1 aliphatic carbocycles. The van der Waals surface area contributed by atoms with E-state index in [1.807, 2.05) is 18.2 Å². The first-order valence-corrected chi connectivity index (χ1v) is 9.08. The van der Waals surface area contributed by atoms with Crippen molar-refractivity contribution in [1.29, 1.82) is 5.26 Å². The van der Waals surface area contributed by atoms with Crippen molar-refractivity contribution in [1.82, 2.24) is 5.32 Å². The molecule has 118 valence electrons. The Morgan fingerprint density at radius 2 is 2.14 bits per heavy atom. The second-order valence-corrected chi connectivity index (χ2v) is 7.32. The smallest absolute Gasteiger partial charge is 0.224 e. The summed E-state index contributed by atoms with van der Waals surface area (Å²) in [5, 5.41) is 12.6. The van der Waals surface area contributed by atoms with E-state index in [-0.39, 0.29) is 18.4 Å². The van der Waals surface area contributed by atoms with Gasteiger partial charge in [-0.15, -0.1) is 11.8 Å². The Hall–Kier alpha value is -0.890. The quantitative estimate of drug-likeness (QED) is 0.622. The molecule has 22 heavy (non-hydrogen) atoms. The molecule has 1 aliphatic rings. The van der Waals surface area contributed by atoms with Gasteiger partial charge in [0.2, 0.25) is 5.91 Å². The minimum Gasteiger partial charge on any atom is -0.343 e. The molecular formula is C16H18Cl2N2OS. The molecule has 0 saturated heterocycles. The number of carbonyl (C=O) groups is 1. The number of hydrogen-bond donors (Lipinski definition) is 1. The molecule has 0 spiro atoms. The molecule has 0 radical (unpaired) electrons. The zero-order valence-corrected chi connectivity index (χ0v) is 14.5. The molecule has 0 heterocycles. The normalized spacial score (nSPS) is 21.1. The highest BCUT2D eigenvalue weighted by Gasteiger charge is 2.30. The van der Waals surface area contributed by atoms with E-state index >= 15 is 0 Å². The van der Waals surface area contributed by atoms with E-state index in [2.05, 4.69) is 5.32 Å². The monoisotopic (exact) mass is 356 g/mol. The number of nitrogens with one attached hydrogen (secondary N) is 1. The van der Waals surface area contributed by atoms with Crippen LogP contribution in [0.3, 0.4) is 0 Å². The predicted molar refractivity (Wildman–Crippen MR) is 91.3 cm³/mol. The highest BCUT2D eigenvalue weighted by Crippen LogP contribution is 2.37. The zero-order chi connectivity index (χ0) is 15.9. The maximum absolute atomic E-state index is 12.2. The van der Waals surface area contributed by atoms with Crippen molar-refractivity contribution < 1.29 is 4.79 Å². The lowest BCUT2D eigenvalue weighted by molar-refractivity contribution is -0.127. The number of rotatable bonds is 5. The number of halogens is 2. The topological polar surface area (TPSA) is 52.9 Å². The van der Waals surface area contributed by atoms with Gasteiger partial charge in [-0.1, -0.05) is 36.0 Å². The van der Waals surface area contributed by atoms with Crippen LogP contribution in [0.15, 0.2) is 23.1 Å². The summed E-state index contributed by atoms with van der Waals surface area (Å²) in [6.45, 7) is 0.0816. The largest absolute Gasteiger partial charge is 0.343 e. The summed E-state index contributed by atoms with van der Waals surface area (Å²) < 4.78 is 0. The molecule has 0 bridgehead atoms. The third-order valence-electron chi connectivity index (χ3n) is 3.93. The van der Waals surface area contributed by atoms with Crippen LogP contribution in [-0.2, 0) is 4.79 Å². The van der Waals surface area contributed by atoms with Gasteiger partial charge in [-0.2, -0.15) is 5.26 Å². The van der Waals surface area contributed by atoms with Crippen molar-refractivity contribution in [2.45, 2.75) is 30.6 Å². The summed E-state index contributed by atoms with van der Waals surface area (Å²) >= 11 is 13.8. The molecule has 1 N–H and O–H groups in total. The molecule has 1 aromatic rings. The molecule has 1 amide bonds. The maximum Gasteiger partial charge on any atom is 0.224 e. The first kappa shape index (κ1) is 17.5. The SMILES string of the molecule is N#CCNC(=O)C1CCCCC1CSc1ccc(Cl)cc1Cl. The number of benzene rings is 1.